The van der Waals surface area contributed by atoms with Gasteiger partial charge >= 0.3 is 0 Å². The molecule has 0 aromatic carbocycles. The zero-order chi connectivity index (χ0) is 14.1. The highest BCUT2D eigenvalue weighted by Crippen LogP contribution is 2.26. The minimum absolute atomic E-state index is 0.0444. The number of carbonyl (C=O) groups is 2. The van der Waals surface area contributed by atoms with Crippen LogP contribution in [0.15, 0.2) is 18.5 Å². The molecule has 1 aromatic rings. The van der Waals surface area contributed by atoms with Crippen LogP contribution in [0.4, 0.5) is 5.69 Å². The molecule has 1 atom stereocenters. The quantitative estimate of drug-likeness (QED) is 0.779. The van der Waals surface area contributed by atoms with Crippen molar-refractivity contribution in [1.82, 2.24) is 9.88 Å². The third-order valence-corrected chi connectivity index (χ3v) is 4.10. The number of hydrogen-bond donors (Lipinski definition) is 0. The number of amides is 2. The summed E-state index contributed by atoms with van der Waals surface area (Å²) in [5, 5.41) is 0. The lowest BCUT2D eigenvalue weighted by molar-refractivity contribution is -0.138. The number of rotatable bonds is 1. The van der Waals surface area contributed by atoms with Gasteiger partial charge in [-0.05, 0) is 37.8 Å². The predicted octanol–water partition coefficient (Wildman–Crippen LogP) is 1.51. The van der Waals surface area contributed by atoms with Crippen molar-refractivity contribution in [2.45, 2.75) is 38.6 Å². The fourth-order valence-corrected chi connectivity index (χ4v) is 3.07. The smallest absolute Gasteiger partial charge is 0.249 e. The molecule has 0 aliphatic carbocycles. The highest BCUT2D eigenvalue weighted by molar-refractivity contribution is 6.01. The Morgan fingerprint density at radius 1 is 1.20 bits per heavy atom. The molecule has 20 heavy (non-hydrogen) atoms. The molecule has 106 valence electrons. The number of aromatic nitrogens is 1. The normalized spacial score (nSPS) is 23.6. The van der Waals surface area contributed by atoms with Crippen LogP contribution in [0.1, 0.15) is 31.2 Å². The molecule has 0 bridgehead atoms. The van der Waals surface area contributed by atoms with E-state index in [1.54, 1.807) is 22.2 Å². The lowest BCUT2D eigenvalue weighted by Gasteiger charge is -2.34. The number of carbonyl (C=O) groups excluding carboxylic acids is 2. The monoisotopic (exact) mass is 273 g/mol. The van der Waals surface area contributed by atoms with E-state index in [1.807, 2.05) is 13.0 Å². The van der Waals surface area contributed by atoms with E-state index in [1.165, 1.54) is 0 Å². The first kappa shape index (κ1) is 13.1. The largest absolute Gasteiger partial charge is 0.331 e. The number of anilines is 1. The van der Waals surface area contributed by atoms with Gasteiger partial charge in [-0.15, -0.1) is 0 Å². The molecule has 2 aliphatic heterocycles. The molecule has 1 aromatic heterocycles. The maximum atomic E-state index is 12.7. The summed E-state index contributed by atoms with van der Waals surface area (Å²) in [6.07, 6.45) is 6.66. The second-order valence-electron chi connectivity index (χ2n) is 5.56. The first-order valence-electron chi connectivity index (χ1n) is 7.19. The first-order valence-corrected chi connectivity index (χ1v) is 7.19. The van der Waals surface area contributed by atoms with Gasteiger partial charge in [0, 0.05) is 25.7 Å². The second kappa shape index (κ2) is 5.23. The summed E-state index contributed by atoms with van der Waals surface area (Å²) in [6.45, 7) is 3.13. The van der Waals surface area contributed by atoms with Crippen LogP contribution in [0.2, 0.25) is 0 Å². The Morgan fingerprint density at radius 3 is 2.85 bits per heavy atom. The van der Waals surface area contributed by atoms with E-state index in [2.05, 4.69) is 4.98 Å². The molecule has 0 spiro atoms. The zero-order valence-corrected chi connectivity index (χ0v) is 11.7. The average Bonchev–Trinajstić information content (AvgIpc) is 2.58. The standard InChI is InChI=1S/C15H19N3O2/c1-11-8-12(10-16-9-11)17-7-5-14(19)18-6-3-2-4-13(18)15(17)20/h8-10,13H,2-7H2,1H3. The van der Waals surface area contributed by atoms with E-state index in [0.29, 0.717) is 13.0 Å². The molecule has 5 heteroatoms. The molecular formula is C15H19N3O2. The van der Waals surface area contributed by atoms with Crippen LogP contribution in [0, 0.1) is 6.92 Å². The zero-order valence-electron chi connectivity index (χ0n) is 11.7. The minimum atomic E-state index is -0.278. The van der Waals surface area contributed by atoms with Crippen LogP contribution in [0.5, 0.6) is 0 Å². The van der Waals surface area contributed by atoms with Crippen molar-refractivity contribution in [3.63, 3.8) is 0 Å². The summed E-state index contributed by atoms with van der Waals surface area (Å²) < 4.78 is 0. The van der Waals surface area contributed by atoms with Crippen molar-refractivity contribution in [1.29, 1.82) is 0 Å². The van der Waals surface area contributed by atoms with E-state index in [4.69, 9.17) is 0 Å². The number of piperidine rings is 1. The summed E-state index contributed by atoms with van der Waals surface area (Å²) in [4.78, 5) is 32.6. The fraction of sp³-hybridized carbons (Fsp3) is 0.533. The Bertz CT molecular complexity index is 544. The second-order valence-corrected chi connectivity index (χ2v) is 5.56. The van der Waals surface area contributed by atoms with Crippen molar-refractivity contribution in [2.75, 3.05) is 18.0 Å². The Kier molecular flexibility index (Phi) is 3.42. The Labute approximate surface area is 118 Å². The predicted molar refractivity (Wildman–Crippen MR) is 75.3 cm³/mol. The van der Waals surface area contributed by atoms with E-state index in [0.717, 1.165) is 37.1 Å². The number of pyridine rings is 1. The molecule has 2 aliphatic rings. The topological polar surface area (TPSA) is 53.5 Å². The molecular weight excluding hydrogens is 254 g/mol. The van der Waals surface area contributed by atoms with Crippen molar-refractivity contribution < 1.29 is 9.59 Å². The highest BCUT2D eigenvalue weighted by atomic mass is 16.2. The third kappa shape index (κ3) is 2.28. The minimum Gasteiger partial charge on any atom is -0.331 e. The van der Waals surface area contributed by atoms with Gasteiger partial charge in [0.1, 0.15) is 6.04 Å². The van der Waals surface area contributed by atoms with Crippen molar-refractivity contribution in [3.8, 4) is 0 Å². The molecule has 0 saturated carbocycles. The van der Waals surface area contributed by atoms with Gasteiger partial charge in [-0.1, -0.05) is 0 Å². The van der Waals surface area contributed by atoms with Crippen LogP contribution >= 0.6 is 0 Å². The number of aryl methyl sites for hydroxylation is 1. The lowest BCUT2D eigenvalue weighted by Crippen LogP contribution is -2.49. The van der Waals surface area contributed by atoms with Crippen LogP contribution in [0.3, 0.4) is 0 Å². The van der Waals surface area contributed by atoms with Gasteiger partial charge in [0.2, 0.25) is 11.8 Å². The lowest BCUT2D eigenvalue weighted by atomic mass is 10.0. The van der Waals surface area contributed by atoms with Gasteiger partial charge in [0.25, 0.3) is 0 Å². The van der Waals surface area contributed by atoms with E-state index in [9.17, 15) is 9.59 Å². The molecule has 0 N–H and O–H groups in total. The molecule has 0 radical (unpaired) electrons. The first-order chi connectivity index (χ1) is 9.66. The third-order valence-electron chi connectivity index (χ3n) is 4.10. The molecule has 3 rings (SSSR count). The van der Waals surface area contributed by atoms with Gasteiger partial charge in [0.15, 0.2) is 0 Å². The van der Waals surface area contributed by atoms with E-state index in [-0.39, 0.29) is 17.9 Å². The Balaban J connectivity index is 1.92. The molecule has 2 fully saturated rings. The number of hydrogen-bond acceptors (Lipinski definition) is 3. The molecule has 2 saturated heterocycles. The van der Waals surface area contributed by atoms with Crippen LogP contribution in [-0.4, -0.2) is 40.8 Å². The molecule has 2 amide bonds. The summed E-state index contributed by atoms with van der Waals surface area (Å²) >= 11 is 0. The summed E-state index contributed by atoms with van der Waals surface area (Å²) in [5.74, 6) is 0.147. The van der Waals surface area contributed by atoms with Crippen molar-refractivity contribution >= 4 is 17.5 Å². The summed E-state index contributed by atoms with van der Waals surface area (Å²) in [6, 6.07) is 1.67. The molecule has 5 nitrogen and oxygen atoms in total. The van der Waals surface area contributed by atoms with Gasteiger partial charge < -0.3 is 9.80 Å². The van der Waals surface area contributed by atoms with Crippen LogP contribution in [-0.2, 0) is 9.59 Å². The summed E-state index contributed by atoms with van der Waals surface area (Å²) in [7, 11) is 0. The number of nitrogens with zero attached hydrogens (tertiary/aromatic N) is 3. The maximum Gasteiger partial charge on any atom is 0.249 e. The van der Waals surface area contributed by atoms with Crippen molar-refractivity contribution in [3.05, 3.63) is 24.0 Å². The van der Waals surface area contributed by atoms with Crippen molar-refractivity contribution in [2.24, 2.45) is 0 Å². The molecule has 3 heterocycles. The highest BCUT2D eigenvalue weighted by Gasteiger charge is 2.38. The van der Waals surface area contributed by atoms with Gasteiger partial charge in [-0.2, -0.15) is 0 Å². The van der Waals surface area contributed by atoms with Crippen LogP contribution in [0.25, 0.3) is 0 Å². The molecule has 1 unspecified atom stereocenters. The summed E-state index contributed by atoms with van der Waals surface area (Å²) in [5.41, 5.74) is 1.82. The Morgan fingerprint density at radius 2 is 2.05 bits per heavy atom. The number of fused-ring (bicyclic) bond motifs is 1. The SMILES string of the molecule is Cc1cncc(N2CCC(=O)N3CCCCC3C2=O)c1. The van der Waals surface area contributed by atoms with Gasteiger partial charge in [0.05, 0.1) is 11.9 Å². The van der Waals surface area contributed by atoms with Gasteiger partial charge in [-0.25, -0.2) is 0 Å². The maximum absolute atomic E-state index is 12.7. The van der Waals surface area contributed by atoms with Crippen LogP contribution < -0.4 is 4.90 Å². The van der Waals surface area contributed by atoms with Gasteiger partial charge in [-0.3, -0.25) is 14.6 Å². The van der Waals surface area contributed by atoms with E-state index >= 15 is 0 Å². The Hall–Kier alpha value is -1.91. The average molecular weight is 273 g/mol. The fourth-order valence-electron chi connectivity index (χ4n) is 3.07. The van der Waals surface area contributed by atoms with E-state index < -0.39 is 0 Å².